The van der Waals surface area contributed by atoms with E-state index in [0.717, 1.165) is 25.7 Å². The van der Waals surface area contributed by atoms with Crippen LogP contribution in [0.4, 0.5) is 0 Å². The van der Waals surface area contributed by atoms with Gasteiger partial charge in [-0.15, -0.1) is 0 Å². The molecule has 0 saturated carbocycles. The number of rotatable bonds is 40. The van der Waals surface area contributed by atoms with Crippen molar-refractivity contribution in [3.8, 4) is 0 Å². The lowest BCUT2D eigenvalue weighted by Crippen LogP contribution is -2.45. The van der Waals surface area contributed by atoms with Crippen LogP contribution in [-0.2, 0) is 4.79 Å². The van der Waals surface area contributed by atoms with Gasteiger partial charge in [0.25, 0.3) is 0 Å². The van der Waals surface area contributed by atoms with Gasteiger partial charge in [-0.2, -0.15) is 0 Å². The van der Waals surface area contributed by atoms with Gasteiger partial charge in [0.2, 0.25) is 5.91 Å². The topological polar surface area (TPSA) is 69.6 Å². The third-order valence-corrected chi connectivity index (χ3v) is 10.3. The first-order chi connectivity index (χ1) is 23.7. The highest BCUT2D eigenvalue weighted by Gasteiger charge is 2.17. The number of allylic oxidation sites excluding steroid dienone is 1. The number of amides is 1. The molecule has 0 saturated heterocycles. The van der Waals surface area contributed by atoms with E-state index in [4.69, 9.17) is 0 Å². The van der Waals surface area contributed by atoms with Crippen LogP contribution < -0.4 is 5.32 Å². The van der Waals surface area contributed by atoms with E-state index >= 15 is 0 Å². The number of aliphatic hydroxyl groups is 2. The molecule has 0 aliphatic rings. The van der Waals surface area contributed by atoms with Gasteiger partial charge in [-0.05, 0) is 19.3 Å². The zero-order valence-corrected chi connectivity index (χ0v) is 32.8. The average molecular weight is 678 g/mol. The molecule has 3 N–H and O–H groups in total. The van der Waals surface area contributed by atoms with Crippen LogP contribution in [0.15, 0.2) is 12.2 Å². The van der Waals surface area contributed by atoms with Crippen LogP contribution in [0.25, 0.3) is 0 Å². The molecule has 0 aliphatic heterocycles. The molecule has 0 aromatic heterocycles. The third-order valence-electron chi connectivity index (χ3n) is 10.3. The number of aliphatic hydroxyl groups excluding tert-OH is 2. The second kappa shape index (κ2) is 40.6. The molecule has 0 aromatic rings. The van der Waals surface area contributed by atoms with E-state index in [-0.39, 0.29) is 12.5 Å². The van der Waals surface area contributed by atoms with Crippen molar-refractivity contribution in [2.75, 3.05) is 6.61 Å². The van der Waals surface area contributed by atoms with Gasteiger partial charge in [0.1, 0.15) is 0 Å². The lowest BCUT2D eigenvalue weighted by molar-refractivity contribution is -0.123. The standard InChI is InChI=1S/C44H87NO3/c1-3-5-7-9-11-13-15-17-18-19-20-21-22-23-24-25-26-27-28-30-32-34-36-38-40-44(48)45-42(41-46)43(47)39-37-35-33-31-29-16-14-12-10-8-6-4-2/h37,39,42-43,46-47H,3-36,38,40-41H2,1-2H3,(H,45,48)/b39-37+. The van der Waals surface area contributed by atoms with Gasteiger partial charge < -0.3 is 15.5 Å². The summed E-state index contributed by atoms with van der Waals surface area (Å²) in [4.78, 5) is 12.4. The molecule has 2 atom stereocenters. The van der Waals surface area contributed by atoms with Gasteiger partial charge in [0.15, 0.2) is 0 Å². The summed E-state index contributed by atoms with van der Waals surface area (Å²) in [5.74, 6) is -0.0602. The highest BCUT2D eigenvalue weighted by Crippen LogP contribution is 2.16. The largest absolute Gasteiger partial charge is 0.394 e. The van der Waals surface area contributed by atoms with Gasteiger partial charge in [0, 0.05) is 6.42 Å². The van der Waals surface area contributed by atoms with Crippen molar-refractivity contribution in [1.82, 2.24) is 5.32 Å². The fourth-order valence-corrected chi connectivity index (χ4v) is 6.89. The first-order valence-electron chi connectivity index (χ1n) is 21.9. The first kappa shape index (κ1) is 47.1. The summed E-state index contributed by atoms with van der Waals surface area (Å²) in [5, 5.41) is 22.9. The van der Waals surface area contributed by atoms with Crippen molar-refractivity contribution in [1.29, 1.82) is 0 Å². The molecule has 0 radical (unpaired) electrons. The minimum absolute atomic E-state index is 0.0602. The third kappa shape index (κ3) is 36.4. The van der Waals surface area contributed by atoms with Crippen LogP contribution in [0.5, 0.6) is 0 Å². The van der Waals surface area contributed by atoms with Gasteiger partial charge in [-0.3, -0.25) is 4.79 Å². The molecular formula is C44H87NO3. The Labute approximate surface area is 301 Å². The van der Waals surface area contributed by atoms with Crippen LogP contribution >= 0.6 is 0 Å². The van der Waals surface area contributed by atoms with E-state index in [1.54, 1.807) is 6.08 Å². The molecule has 0 fully saturated rings. The molecule has 0 spiro atoms. The fraction of sp³-hybridized carbons (Fsp3) is 0.932. The van der Waals surface area contributed by atoms with Crippen molar-refractivity contribution in [2.24, 2.45) is 0 Å². The van der Waals surface area contributed by atoms with Gasteiger partial charge in [0.05, 0.1) is 18.8 Å². The summed E-state index contributed by atoms with van der Waals surface area (Å²) in [6.07, 6.45) is 50.4. The van der Waals surface area contributed by atoms with Crippen LogP contribution in [0.2, 0.25) is 0 Å². The quantitative estimate of drug-likeness (QED) is 0.0446. The Morgan fingerprint density at radius 3 is 1.08 bits per heavy atom. The molecule has 0 aliphatic carbocycles. The molecule has 0 bridgehead atoms. The SMILES string of the molecule is CCCCCCCCCCCC/C=C/C(O)C(CO)NC(=O)CCCCCCCCCCCCCCCCCCCCCCCCCC. The summed E-state index contributed by atoms with van der Waals surface area (Å²) in [7, 11) is 0. The number of unbranched alkanes of at least 4 members (excludes halogenated alkanes) is 33. The van der Waals surface area contributed by atoms with E-state index in [1.807, 2.05) is 6.08 Å². The maximum Gasteiger partial charge on any atom is 0.220 e. The van der Waals surface area contributed by atoms with E-state index in [9.17, 15) is 15.0 Å². The van der Waals surface area contributed by atoms with Crippen molar-refractivity contribution >= 4 is 5.91 Å². The summed E-state index contributed by atoms with van der Waals surface area (Å²) in [5.41, 5.74) is 0. The molecule has 4 heteroatoms. The van der Waals surface area contributed by atoms with Crippen molar-refractivity contribution in [2.45, 2.75) is 257 Å². The lowest BCUT2D eigenvalue weighted by atomic mass is 10.0. The minimum Gasteiger partial charge on any atom is -0.394 e. The summed E-state index contributed by atoms with van der Waals surface area (Å²) >= 11 is 0. The Morgan fingerprint density at radius 1 is 0.479 bits per heavy atom. The number of hydrogen-bond acceptors (Lipinski definition) is 3. The monoisotopic (exact) mass is 678 g/mol. The number of hydrogen-bond donors (Lipinski definition) is 3. The van der Waals surface area contributed by atoms with Crippen LogP contribution in [0.1, 0.15) is 245 Å². The zero-order valence-electron chi connectivity index (χ0n) is 32.8. The zero-order chi connectivity index (χ0) is 35.0. The van der Waals surface area contributed by atoms with Gasteiger partial charge >= 0.3 is 0 Å². The molecule has 0 aromatic carbocycles. The Balaban J connectivity index is 3.46. The summed E-state index contributed by atoms with van der Waals surface area (Å²) < 4.78 is 0. The van der Waals surface area contributed by atoms with Gasteiger partial charge in [-0.25, -0.2) is 0 Å². The Morgan fingerprint density at radius 2 is 0.771 bits per heavy atom. The Kier molecular flexibility index (Phi) is 39.8. The van der Waals surface area contributed by atoms with Crippen LogP contribution in [0.3, 0.4) is 0 Å². The fourth-order valence-electron chi connectivity index (χ4n) is 6.89. The van der Waals surface area contributed by atoms with Crippen molar-refractivity contribution < 1.29 is 15.0 Å². The van der Waals surface area contributed by atoms with Crippen molar-refractivity contribution in [3.05, 3.63) is 12.2 Å². The normalized spacial score (nSPS) is 13.0. The van der Waals surface area contributed by atoms with Crippen LogP contribution in [0, 0.1) is 0 Å². The maximum absolute atomic E-state index is 12.4. The number of carbonyl (C=O) groups excluding carboxylic acids is 1. The van der Waals surface area contributed by atoms with E-state index in [1.165, 1.54) is 199 Å². The Hall–Kier alpha value is -0.870. The molecule has 286 valence electrons. The Bertz CT molecular complexity index is 651. The second-order valence-corrected chi connectivity index (χ2v) is 15.1. The first-order valence-corrected chi connectivity index (χ1v) is 21.9. The summed E-state index contributed by atoms with van der Waals surface area (Å²) in [6.45, 7) is 4.32. The van der Waals surface area contributed by atoms with Gasteiger partial charge in [-0.1, -0.05) is 231 Å². The number of nitrogens with one attached hydrogen (secondary N) is 1. The minimum atomic E-state index is -0.832. The molecule has 48 heavy (non-hydrogen) atoms. The summed E-state index contributed by atoms with van der Waals surface area (Å²) in [6, 6.07) is -0.615. The van der Waals surface area contributed by atoms with Crippen LogP contribution in [-0.4, -0.2) is 34.9 Å². The van der Waals surface area contributed by atoms with Crippen molar-refractivity contribution in [3.63, 3.8) is 0 Å². The maximum atomic E-state index is 12.4. The smallest absolute Gasteiger partial charge is 0.220 e. The number of carbonyl (C=O) groups is 1. The average Bonchev–Trinajstić information content (AvgIpc) is 3.09. The molecule has 0 rings (SSSR count). The predicted molar refractivity (Wildman–Crippen MR) is 212 cm³/mol. The highest BCUT2D eigenvalue weighted by atomic mass is 16.3. The molecule has 4 nitrogen and oxygen atoms in total. The molecule has 2 unspecified atom stereocenters. The molecular weight excluding hydrogens is 590 g/mol. The molecule has 0 heterocycles. The van der Waals surface area contributed by atoms with E-state index in [2.05, 4.69) is 19.2 Å². The predicted octanol–water partition coefficient (Wildman–Crippen LogP) is 13.5. The second-order valence-electron chi connectivity index (χ2n) is 15.1. The highest BCUT2D eigenvalue weighted by molar-refractivity contribution is 5.76. The van der Waals surface area contributed by atoms with E-state index in [0.29, 0.717) is 6.42 Å². The molecule has 1 amide bonds. The lowest BCUT2D eigenvalue weighted by Gasteiger charge is -2.20. The van der Waals surface area contributed by atoms with E-state index < -0.39 is 12.1 Å².